The summed E-state index contributed by atoms with van der Waals surface area (Å²) in [4.78, 5) is 17.2. The summed E-state index contributed by atoms with van der Waals surface area (Å²) in [6.45, 7) is 1.45. The van der Waals surface area contributed by atoms with Crippen molar-refractivity contribution < 1.29 is 9.90 Å². The van der Waals surface area contributed by atoms with Gasteiger partial charge < -0.3 is 10.0 Å². The number of aromatic nitrogens is 1. The van der Waals surface area contributed by atoms with Crippen molar-refractivity contribution in [3.63, 3.8) is 0 Å². The summed E-state index contributed by atoms with van der Waals surface area (Å²) in [5, 5.41) is 12.3. The monoisotopic (exact) mass is 324 g/mol. The van der Waals surface area contributed by atoms with E-state index in [1.807, 2.05) is 36.7 Å². The van der Waals surface area contributed by atoms with Crippen molar-refractivity contribution in [1.29, 1.82) is 0 Å². The summed E-state index contributed by atoms with van der Waals surface area (Å²) in [5.74, 6) is -0.752. The van der Waals surface area contributed by atoms with Gasteiger partial charge in [0.15, 0.2) is 0 Å². The zero-order valence-electron chi connectivity index (χ0n) is 11.8. The summed E-state index contributed by atoms with van der Waals surface area (Å²) in [5.41, 5.74) is 1.93. The average Bonchev–Trinajstić information content (AvgIpc) is 2.87. The summed E-state index contributed by atoms with van der Waals surface area (Å²) in [6.07, 6.45) is 0.847. The number of aliphatic carboxylic acids is 1. The highest BCUT2D eigenvalue weighted by atomic mass is 35.5. The number of benzene rings is 1. The van der Waals surface area contributed by atoms with Crippen LogP contribution in [0.4, 0.5) is 0 Å². The molecule has 0 aliphatic rings. The minimum absolute atomic E-state index is 0.201. The molecule has 1 aromatic heterocycles. The van der Waals surface area contributed by atoms with Crippen molar-refractivity contribution in [2.75, 3.05) is 13.6 Å². The first-order valence-corrected chi connectivity index (χ1v) is 7.91. The molecule has 0 saturated carbocycles. The van der Waals surface area contributed by atoms with Gasteiger partial charge in [0.2, 0.25) is 0 Å². The number of thiazole rings is 1. The Morgan fingerprint density at radius 3 is 2.90 bits per heavy atom. The molecule has 1 N–H and O–H groups in total. The van der Waals surface area contributed by atoms with Crippen LogP contribution in [0.15, 0.2) is 29.6 Å². The Morgan fingerprint density at radius 1 is 1.43 bits per heavy atom. The molecule has 1 heterocycles. The van der Waals surface area contributed by atoms with Crippen LogP contribution < -0.4 is 0 Å². The number of halogens is 1. The van der Waals surface area contributed by atoms with Crippen molar-refractivity contribution in [2.45, 2.75) is 19.4 Å². The van der Waals surface area contributed by atoms with Crippen LogP contribution in [0.5, 0.6) is 0 Å². The van der Waals surface area contributed by atoms with E-state index in [0.717, 1.165) is 22.8 Å². The third kappa shape index (κ3) is 4.81. The number of hydrogen-bond acceptors (Lipinski definition) is 4. The zero-order chi connectivity index (χ0) is 15.2. The summed E-state index contributed by atoms with van der Waals surface area (Å²) >= 11 is 7.74. The Hall–Kier alpha value is -1.43. The molecule has 112 valence electrons. The van der Waals surface area contributed by atoms with Crippen LogP contribution in [0.1, 0.15) is 18.5 Å². The van der Waals surface area contributed by atoms with Crippen molar-refractivity contribution in [3.05, 3.63) is 40.4 Å². The number of nitrogens with zero attached hydrogens (tertiary/aromatic N) is 2. The molecule has 0 bridgehead atoms. The molecule has 0 unspecified atom stereocenters. The van der Waals surface area contributed by atoms with Crippen LogP contribution in [0.25, 0.3) is 10.6 Å². The fraction of sp³-hybridized carbons (Fsp3) is 0.333. The molecule has 2 aromatic rings. The van der Waals surface area contributed by atoms with Gasteiger partial charge in [0, 0.05) is 23.9 Å². The summed E-state index contributed by atoms with van der Waals surface area (Å²) in [7, 11) is 1.97. The van der Waals surface area contributed by atoms with Gasteiger partial charge in [-0.25, -0.2) is 4.98 Å². The number of carboxylic acid groups (broad SMARTS) is 1. The molecule has 21 heavy (non-hydrogen) atoms. The molecular weight excluding hydrogens is 308 g/mol. The molecule has 0 aliphatic carbocycles. The quantitative estimate of drug-likeness (QED) is 0.842. The lowest BCUT2D eigenvalue weighted by Crippen LogP contribution is -2.20. The fourth-order valence-electron chi connectivity index (χ4n) is 1.99. The maximum absolute atomic E-state index is 10.5. The van der Waals surface area contributed by atoms with E-state index in [0.29, 0.717) is 18.0 Å². The van der Waals surface area contributed by atoms with Crippen LogP contribution in [-0.4, -0.2) is 34.6 Å². The zero-order valence-corrected chi connectivity index (χ0v) is 13.3. The highest BCUT2D eigenvalue weighted by Gasteiger charge is 2.09. The number of hydrogen-bond donors (Lipinski definition) is 1. The standard InChI is InChI=1S/C15H17ClN2O2S/c1-18(8-4-7-14(19)20)9-11-10-21-15(17-11)12-5-2-3-6-13(12)16/h2-3,5-6,10H,4,7-9H2,1H3,(H,19,20). The van der Waals surface area contributed by atoms with Crippen LogP contribution in [0.3, 0.4) is 0 Å². The van der Waals surface area contributed by atoms with Crippen LogP contribution >= 0.6 is 22.9 Å². The van der Waals surface area contributed by atoms with Gasteiger partial charge in [-0.15, -0.1) is 11.3 Å². The fourth-order valence-corrected chi connectivity index (χ4v) is 3.12. The van der Waals surface area contributed by atoms with Crippen LogP contribution in [-0.2, 0) is 11.3 Å². The van der Waals surface area contributed by atoms with Gasteiger partial charge in [-0.3, -0.25) is 4.79 Å². The molecule has 1 aromatic carbocycles. The van der Waals surface area contributed by atoms with Crippen molar-refractivity contribution in [3.8, 4) is 10.6 Å². The van der Waals surface area contributed by atoms with Gasteiger partial charge in [-0.2, -0.15) is 0 Å². The maximum atomic E-state index is 10.5. The number of carboxylic acids is 1. The van der Waals surface area contributed by atoms with Gasteiger partial charge in [-0.1, -0.05) is 29.8 Å². The van der Waals surface area contributed by atoms with Gasteiger partial charge in [0.05, 0.1) is 10.7 Å². The third-order valence-electron chi connectivity index (χ3n) is 3.02. The average molecular weight is 325 g/mol. The lowest BCUT2D eigenvalue weighted by Gasteiger charge is -2.14. The second-order valence-corrected chi connectivity index (χ2v) is 6.12. The van der Waals surface area contributed by atoms with Gasteiger partial charge in [0.25, 0.3) is 0 Å². The van der Waals surface area contributed by atoms with E-state index < -0.39 is 5.97 Å². The second-order valence-electron chi connectivity index (χ2n) is 4.86. The Bertz CT molecular complexity index is 615. The minimum atomic E-state index is -0.752. The molecule has 0 amide bonds. The minimum Gasteiger partial charge on any atom is -0.481 e. The highest BCUT2D eigenvalue weighted by Crippen LogP contribution is 2.30. The van der Waals surface area contributed by atoms with Crippen LogP contribution in [0, 0.1) is 0 Å². The third-order valence-corrected chi connectivity index (χ3v) is 4.27. The molecule has 4 nitrogen and oxygen atoms in total. The van der Waals surface area contributed by atoms with Gasteiger partial charge >= 0.3 is 5.97 Å². The van der Waals surface area contributed by atoms with Crippen molar-refractivity contribution in [2.24, 2.45) is 0 Å². The smallest absolute Gasteiger partial charge is 0.303 e. The van der Waals surface area contributed by atoms with E-state index in [1.165, 1.54) is 0 Å². The first-order chi connectivity index (χ1) is 10.1. The summed E-state index contributed by atoms with van der Waals surface area (Å²) < 4.78 is 0. The first kappa shape index (κ1) is 15.9. The SMILES string of the molecule is CN(CCCC(=O)O)Cc1csc(-c2ccccc2Cl)n1. The molecule has 2 rings (SSSR count). The largest absolute Gasteiger partial charge is 0.481 e. The summed E-state index contributed by atoms with van der Waals surface area (Å²) in [6, 6.07) is 7.66. The molecule has 0 saturated heterocycles. The Labute approximate surface area is 133 Å². The normalized spacial score (nSPS) is 11.0. The van der Waals surface area contributed by atoms with E-state index in [2.05, 4.69) is 9.88 Å². The molecule has 0 atom stereocenters. The lowest BCUT2D eigenvalue weighted by atomic mass is 10.2. The Balaban J connectivity index is 1.94. The predicted molar refractivity (Wildman–Crippen MR) is 85.8 cm³/mol. The van der Waals surface area contributed by atoms with Gasteiger partial charge in [0.1, 0.15) is 5.01 Å². The van der Waals surface area contributed by atoms with E-state index in [9.17, 15) is 4.79 Å². The predicted octanol–water partition coefficient (Wildman–Crippen LogP) is 3.76. The molecular formula is C15H17ClN2O2S. The van der Waals surface area contributed by atoms with Crippen molar-refractivity contribution >= 4 is 28.9 Å². The van der Waals surface area contributed by atoms with Crippen LogP contribution in [0.2, 0.25) is 5.02 Å². The molecule has 0 aliphatic heterocycles. The molecule has 6 heteroatoms. The molecule has 0 fully saturated rings. The second kappa shape index (κ2) is 7.54. The van der Waals surface area contributed by atoms with Gasteiger partial charge in [-0.05, 0) is 26.1 Å². The maximum Gasteiger partial charge on any atom is 0.303 e. The number of rotatable bonds is 7. The van der Waals surface area contributed by atoms with E-state index in [1.54, 1.807) is 11.3 Å². The van der Waals surface area contributed by atoms with E-state index in [4.69, 9.17) is 16.7 Å². The topological polar surface area (TPSA) is 53.4 Å². The van der Waals surface area contributed by atoms with E-state index in [-0.39, 0.29) is 6.42 Å². The lowest BCUT2D eigenvalue weighted by molar-refractivity contribution is -0.137. The molecule has 0 spiro atoms. The Morgan fingerprint density at radius 2 is 2.19 bits per heavy atom. The van der Waals surface area contributed by atoms with E-state index >= 15 is 0 Å². The number of carbonyl (C=O) groups is 1. The highest BCUT2D eigenvalue weighted by molar-refractivity contribution is 7.13. The first-order valence-electron chi connectivity index (χ1n) is 6.66. The molecule has 0 radical (unpaired) electrons. The van der Waals surface area contributed by atoms with Crippen molar-refractivity contribution in [1.82, 2.24) is 9.88 Å². The Kier molecular flexibility index (Phi) is 5.73.